The average Bonchev–Trinajstić information content (AvgIpc) is 3.27. The zero-order valence-corrected chi connectivity index (χ0v) is 14.2. The molecule has 3 heterocycles. The number of thiazole rings is 1. The van der Waals surface area contributed by atoms with Crippen molar-refractivity contribution >= 4 is 34.7 Å². The van der Waals surface area contributed by atoms with E-state index in [0.717, 1.165) is 4.80 Å². The molecular weight excluding hydrogens is 366 g/mol. The summed E-state index contributed by atoms with van der Waals surface area (Å²) < 4.78 is 7.93. The molecule has 0 amide bonds. The molecule has 0 saturated carbocycles. The molecule has 4 rings (SSSR count). The first-order valence-electron chi connectivity index (χ1n) is 7.33. The number of hydrogen-bond acceptors (Lipinski definition) is 6. The number of halogens is 1. The van der Waals surface area contributed by atoms with E-state index in [1.807, 2.05) is 0 Å². The summed E-state index contributed by atoms with van der Waals surface area (Å²) in [6, 6.07) is 7.61. The summed E-state index contributed by atoms with van der Waals surface area (Å²) in [5.41, 5.74) is 0.386. The zero-order chi connectivity index (χ0) is 17.6. The van der Waals surface area contributed by atoms with E-state index < -0.39 is 4.92 Å². The molecule has 0 radical (unpaired) electrons. The maximum absolute atomic E-state index is 12.3. The van der Waals surface area contributed by atoms with Crippen molar-refractivity contribution in [3.63, 3.8) is 0 Å². The van der Waals surface area contributed by atoms with Crippen LogP contribution >= 0.6 is 22.9 Å². The number of hydrogen-bond donors (Lipinski definition) is 0. The highest BCUT2D eigenvalue weighted by Gasteiger charge is 2.14. The van der Waals surface area contributed by atoms with Gasteiger partial charge in [0.1, 0.15) is 11.5 Å². The summed E-state index contributed by atoms with van der Waals surface area (Å²) in [6.07, 6.45) is 1.66. The van der Waals surface area contributed by atoms with E-state index in [2.05, 4.69) is 4.99 Å². The Hall–Kier alpha value is -2.71. The molecule has 0 atom stereocenters. The lowest BCUT2D eigenvalue weighted by Gasteiger charge is -2.00. The number of rotatable bonds is 3. The van der Waals surface area contributed by atoms with Crippen molar-refractivity contribution in [1.82, 2.24) is 4.57 Å². The van der Waals surface area contributed by atoms with Crippen LogP contribution < -0.4 is 14.9 Å². The predicted octanol–water partition coefficient (Wildman–Crippen LogP) is 2.19. The number of furan rings is 1. The number of aromatic nitrogens is 1. The topological polar surface area (TPSA) is 90.6 Å². The Morgan fingerprint density at radius 1 is 1.36 bits per heavy atom. The van der Waals surface area contributed by atoms with Gasteiger partial charge in [-0.3, -0.25) is 24.5 Å². The van der Waals surface area contributed by atoms with Gasteiger partial charge in [-0.25, -0.2) is 0 Å². The first kappa shape index (κ1) is 15.8. The lowest BCUT2D eigenvalue weighted by molar-refractivity contribution is -0.384. The largest absolute Gasteiger partial charge is 0.457 e. The van der Waals surface area contributed by atoms with Crippen molar-refractivity contribution in [2.45, 2.75) is 6.54 Å². The van der Waals surface area contributed by atoms with E-state index in [1.54, 1.807) is 22.8 Å². The Bertz CT molecular complexity index is 1170. The van der Waals surface area contributed by atoms with Gasteiger partial charge in [-0.15, -0.1) is 0 Å². The van der Waals surface area contributed by atoms with Gasteiger partial charge >= 0.3 is 0 Å². The maximum atomic E-state index is 12.3. The van der Waals surface area contributed by atoms with E-state index in [0.29, 0.717) is 34.7 Å². The summed E-state index contributed by atoms with van der Waals surface area (Å²) in [6.45, 7) is 1.26. The van der Waals surface area contributed by atoms with Crippen LogP contribution in [-0.4, -0.2) is 16.0 Å². The minimum absolute atomic E-state index is 0.0763. The first-order valence-corrected chi connectivity index (χ1v) is 8.52. The van der Waals surface area contributed by atoms with Crippen molar-refractivity contribution in [2.75, 3.05) is 6.54 Å². The molecule has 0 fully saturated rings. The zero-order valence-electron chi connectivity index (χ0n) is 12.6. The second kappa shape index (κ2) is 5.98. The molecule has 0 aliphatic carbocycles. The molecule has 0 unspecified atom stereocenters. The minimum atomic E-state index is -0.508. The van der Waals surface area contributed by atoms with Crippen LogP contribution in [0.5, 0.6) is 0 Å². The highest BCUT2D eigenvalue weighted by molar-refractivity contribution is 7.07. The molecule has 1 aliphatic rings. The van der Waals surface area contributed by atoms with Crippen LogP contribution in [0.2, 0.25) is 5.02 Å². The Labute approximate surface area is 149 Å². The average molecular weight is 376 g/mol. The number of nitrogens with zero attached hydrogens (tertiary/aromatic N) is 3. The van der Waals surface area contributed by atoms with Crippen LogP contribution in [-0.2, 0) is 6.54 Å². The minimum Gasteiger partial charge on any atom is -0.457 e. The summed E-state index contributed by atoms with van der Waals surface area (Å²) in [5, 5.41) is 11.0. The van der Waals surface area contributed by atoms with Crippen molar-refractivity contribution in [3.8, 4) is 11.3 Å². The highest BCUT2D eigenvalue weighted by atomic mass is 35.5. The Kier molecular flexibility index (Phi) is 3.78. The van der Waals surface area contributed by atoms with E-state index in [4.69, 9.17) is 16.0 Å². The number of nitro benzene ring substituents is 1. The monoisotopic (exact) mass is 375 g/mol. The number of fused-ring (bicyclic) bond motifs is 1. The second-order valence-electron chi connectivity index (χ2n) is 5.36. The predicted molar refractivity (Wildman–Crippen MR) is 93.6 cm³/mol. The normalized spacial score (nSPS) is 13.7. The van der Waals surface area contributed by atoms with Gasteiger partial charge in [0.25, 0.3) is 11.2 Å². The maximum Gasteiger partial charge on any atom is 0.270 e. The van der Waals surface area contributed by atoms with Gasteiger partial charge in [0.2, 0.25) is 0 Å². The molecule has 126 valence electrons. The Morgan fingerprint density at radius 3 is 2.92 bits per heavy atom. The molecule has 25 heavy (non-hydrogen) atoms. The third-order valence-electron chi connectivity index (χ3n) is 3.79. The fourth-order valence-electron chi connectivity index (χ4n) is 2.59. The van der Waals surface area contributed by atoms with Crippen LogP contribution in [0, 0.1) is 10.1 Å². The van der Waals surface area contributed by atoms with Gasteiger partial charge in [0.15, 0.2) is 4.80 Å². The standard InChI is InChI=1S/C16H10ClN3O4S/c17-12-7-9(20(22)23)1-3-11(12)13-4-2-10(24-13)8-14-15(21)19-6-5-18-16(19)25-14/h1-4,7-8H,5-6H2/b14-8+. The van der Waals surface area contributed by atoms with Crippen LogP contribution in [0.15, 0.2) is 44.5 Å². The van der Waals surface area contributed by atoms with Gasteiger partial charge in [0.05, 0.1) is 21.0 Å². The van der Waals surface area contributed by atoms with E-state index >= 15 is 0 Å². The molecule has 0 spiro atoms. The summed E-state index contributed by atoms with van der Waals surface area (Å²) in [4.78, 5) is 27.5. The van der Waals surface area contributed by atoms with Gasteiger partial charge in [0, 0.05) is 30.3 Å². The lowest BCUT2D eigenvalue weighted by atomic mass is 10.1. The van der Waals surface area contributed by atoms with Crippen molar-refractivity contribution in [1.29, 1.82) is 0 Å². The molecule has 0 N–H and O–H groups in total. The Morgan fingerprint density at radius 2 is 2.20 bits per heavy atom. The first-order chi connectivity index (χ1) is 12.0. The molecule has 0 bridgehead atoms. The fraction of sp³-hybridized carbons (Fsp3) is 0.125. The van der Waals surface area contributed by atoms with Crippen molar-refractivity contribution in [3.05, 3.63) is 70.9 Å². The van der Waals surface area contributed by atoms with Gasteiger partial charge in [-0.1, -0.05) is 22.9 Å². The lowest BCUT2D eigenvalue weighted by Crippen LogP contribution is -2.29. The molecule has 7 nitrogen and oxygen atoms in total. The van der Waals surface area contributed by atoms with E-state index in [-0.39, 0.29) is 16.3 Å². The molecule has 3 aromatic rings. The van der Waals surface area contributed by atoms with Crippen LogP contribution in [0.25, 0.3) is 17.4 Å². The third-order valence-corrected chi connectivity index (χ3v) is 5.14. The molecular formula is C16H10ClN3O4S. The third kappa shape index (κ3) is 2.79. The number of non-ortho nitro benzene ring substituents is 1. The van der Waals surface area contributed by atoms with Crippen molar-refractivity contribution < 1.29 is 9.34 Å². The van der Waals surface area contributed by atoms with Crippen LogP contribution in [0.4, 0.5) is 5.69 Å². The van der Waals surface area contributed by atoms with E-state index in [1.165, 1.54) is 29.5 Å². The number of benzene rings is 1. The molecule has 0 saturated heterocycles. The van der Waals surface area contributed by atoms with E-state index in [9.17, 15) is 14.9 Å². The van der Waals surface area contributed by atoms with Gasteiger partial charge in [-0.05, 0) is 18.2 Å². The van der Waals surface area contributed by atoms with Gasteiger partial charge < -0.3 is 4.42 Å². The second-order valence-corrected chi connectivity index (χ2v) is 6.77. The highest BCUT2D eigenvalue weighted by Crippen LogP contribution is 2.32. The Balaban J connectivity index is 1.73. The summed E-state index contributed by atoms with van der Waals surface area (Å²) in [7, 11) is 0. The van der Waals surface area contributed by atoms with Crippen LogP contribution in [0.1, 0.15) is 5.76 Å². The SMILES string of the molecule is O=c1/c(=C\c2ccc(-c3ccc([N+](=O)[O-])cc3Cl)o2)sc2n1CCN=2. The van der Waals surface area contributed by atoms with Crippen LogP contribution in [0.3, 0.4) is 0 Å². The smallest absolute Gasteiger partial charge is 0.270 e. The molecule has 9 heteroatoms. The van der Waals surface area contributed by atoms with Gasteiger partial charge in [-0.2, -0.15) is 0 Å². The van der Waals surface area contributed by atoms with Crippen molar-refractivity contribution in [2.24, 2.45) is 4.99 Å². The summed E-state index contributed by atoms with van der Waals surface area (Å²) in [5.74, 6) is 0.974. The molecule has 1 aromatic carbocycles. The molecule has 1 aliphatic heterocycles. The summed E-state index contributed by atoms with van der Waals surface area (Å²) >= 11 is 7.44. The molecule has 2 aromatic heterocycles. The quantitative estimate of drug-likeness (QED) is 0.518. The number of nitro groups is 1. The fourth-order valence-corrected chi connectivity index (χ4v) is 3.87.